The van der Waals surface area contributed by atoms with Crippen molar-refractivity contribution in [1.82, 2.24) is 10.3 Å². The molecule has 1 amide bonds. The van der Waals surface area contributed by atoms with E-state index in [-0.39, 0.29) is 5.91 Å². The highest BCUT2D eigenvalue weighted by molar-refractivity contribution is 6.30. The molecule has 3 aromatic rings. The van der Waals surface area contributed by atoms with Crippen LogP contribution in [0.5, 0.6) is 0 Å². The Morgan fingerprint density at radius 3 is 2.63 bits per heavy atom. The third-order valence-electron chi connectivity index (χ3n) is 4.36. The van der Waals surface area contributed by atoms with E-state index in [1.165, 1.54) is 5.56 Å². The van der Waals surface area contributed by atoms with Crippen LogP contribution in [-0.4, -0.2) is 17.4 Å². The van der Waals surface area contributed by atoms with Crippen LogP contribution in [0.25, 0.3) is 0 Å². The number of anilines is 1. The minimum absolute atomic E-state index is 0.132. The number of hydrogen-bond acceptors (Lipinski definition) is 3. The summed E-state index contributed by atoms with van der Waals surface area (Å²) >= 11 is 5.90. The maximum absolute atomic E-state index is 12.4. The molecule has 2 N–H and O–H groups in total. The van der Waals surface area contributed by atoms with Crippen LogP contribution in [0.4, 0.5) is 5.69 Å². The molecule has 0 aliphatic carbocycles. The highest BCUT2D eigenvalue weighted by Gasteiger charge is 2.07. The molecule has 0 fully saturated rings. The van der Waals surface area contributed by atoms with Crippen molar-refractivity contribution in [2.75, 3.05) is 11.9 Å². The maximum Gasteiger partial charge on any atom is 0.253 e. The molecule has 1 heterocycles. The molecular formula is C22H22ClN3O. The fourth-order valence-electron chi connectivity index (χ4n) is 2.75. The van der Waals surface area contributed by atoms with Gasteiger partial charge < -0.3 is 10.6 Å². The van der Waals surface area contributed by atoms with Crippen LogP contribution >= 0.6 is 11.6 Å². The Morgan fingerprint density at radius 1 is 1.07 bits per heavy atom. The second-order valence-corrected chi connectivity index (χ2v) is 6.81. The third kappa shape index (κ3) is 5.56. The van der Waals surface area contributed by atoms with Gasteiger partial charge in [-0.1, -0.05) is 48.0 Å². The lowest BCUT2D eigenvalue weighted by molar-refractivity contribution is 0.0950. The Labute approximate surface area is 164 Å². The number of aryl methyl sites for hydroxylation is 1. The Balaban J connectivity index is 1.53. The van der Waals surface area contributed by atoms with Gasteiger partial charge in [0.2, 0.25) is 0 Å². The molecule has 2 aromatic carbocycles. The molecule has 0 aliphatic rings. The smallest absolute Gasteiger partial charge is 0.253 e. The van der Waals surface area contributed by atoms with Crippen LogP contribution in [0.15, 0.2) is 67.0 Å². The van der Waals surface area contributed by atoms with Gasteiger partial charge in [0, 0.05) is 30.5 Å². The van der Waals surface area contributed by atoms with E-state index >= 15 is 0 Å². The van der Waals surface area contributed by atoms with Crippen LogP contribution < -0.4 is 10.6 Å². The predicted molar refractivity (Wildman–Crippen MR) is 110 cm³/mol. The normalized spacial score (nSPS) is 10.4. The molecule has 0 radical (unpaired) electrons. The van der Waals surface area contributed by atoms with E-state index in [9.17, 15) is 4.79 Å². The van der Waals surface area contributed by atoms with E-state index in [2.05, 4.69) is 15.6 Å². The fraction of sp³-hybridized carbons (Fsp3) is 0.182. The molecule has 0 spiro atoms. The van der Waals surface area contributed by atoms with Gasteiger partial charge in [-0.15, -0.1) is 0 Å². The molecule has 0 saturated carbocycles. The lowest BCUT2D eigenvalue weighted by Crippen LogP contribution is -2.23. The third-order valence-corrected chi connectivity index (χ3v) is 4.61. The summed E-state index contributed by atoms with van der Waals surface area (Å²) in [6.07, 6.45) is 4.17. The number of hydrogen-bond donors (Lipinski definition) is 2. The van der Waals surface area contributed by atoms with Gasteiger partial charge >= 0.3 is 0 Å². The number of aromatic nitrogens is 1. The topological polar surface area (TPSA) is 54.0 Å². The van der Waals surface area contributed by atoms with E-state index in [0.29, 0.717) is 12.1 Å². The number of rotatable bonds is 7. The number of benzene rings is 2. The molecule has 4 nitrogen and oxygen atoms in total. The SMILES string of the molecule is Cc1ccccc1CNC(=O)c1cncc(NCCc2ccc(Cl)cc2)c1. The van der Waals surface area contributed by atoms with Gasteiger partial charge in [0.05, 0.1) is 11.3 Å². The van der Waals surface area contributed by atoms with Gasteiger partial charge in [0.1, 0.15) is 0 Å². The van der Waals surface area contributed by atoms with Crippen LogP contribution in [0, 0.1) is 6.92 Å². The molecule has 3 rings (SSSR count). The Morgan fingerprint density at radius 2 is 1.85 bits per heavy atom. The average Bonchev–Trinajstić information content (AvgIpc) is 2.69. The molecule has 0 aliphatic heterocycles. The Bertz CT molecular complexity index is 909. The van der Waals surface area contributed by atoms with Gasteiger partial charge in [-0.2, -0.15) is 0 Å². The molecule has 0 unspecified atom stereocenters. The lowest BCUT2D eigenvalue weighted by atomic mass is 10.1. The number of nitrogens with one attached hydrogen (secondary N) is 2. The minimum Gasteiger partial charge on any atom is -0.383 e. The van der Waals surface area contributed by atoms with Gasteiger partial charge in [0.25, 0.3) is 5.91 Å². The zero-order valence-corrected chi connectivity index (χ0v) is 16.0. The first-order chi connectivity index (χ1) is 13.1. The van der Waals surface area contributed by atoms with Gasteiger partial charge in [-0.25, -0.2) is 0 Å². The number of carbonyl (C=O) groups is 1. The number of amides is 1. The van der Waals surface area contributed by atoms with Crippen LogP contribution in [-0.2, 0) is 13.0 Å². The Kier molecular flexibility index (Phi) is 6.44. The number of pyridine rings is 1. The molecule has 27 heavy (non-hydrogen) atoms. The number of halogens is 1. The summed E-state index contributed by atoms with van der Waals surface area (Å²) in [4.78, 5) is 16.6. The largest absolute Gasteiger partial charge is 0.383 e. The first-order valence-electron chi connectivity index (χ1n) is 8.88. The minimum atomic E-state index is -0.132. The fourth-order valence-corrected chi connectivity index (χ4v) is 2.88. The van der Waals surface area contributed by atoms with E-state index in [1.54, 1.807) is 12.4 Å². The molecule has 0 saturated heterocycles. The summed E-state index contributed by atoms with van der Waals surface area (Å²) in [7, 11) is 0. The van der Waals surface area contributed by atoms with Crippen molar-refractivity contribution in [2.24, 2.45) is 0 Å². The first kappa shape index (κ1) is 18.9. The lowest BCUT2D eigenvalue weighted by Gasteiger charge is -2.10. The second kappa shape index (κ2) is 9.19. The molecule has 0 atom stereocenters. The van der Waals surface area contributed by atoms with Crippen molar-refractivity contribution in [1.29, 1.82) is 0 Å². The van der Waals surface area contributed by atoms with Crippen molar-refractivity contribution in [2.45, 2.75) is 19.9 Å². The number of nitrogens with zero attached hydrogens (tertiary/aromatic N) is 1. The summed E-state index contributed by atoms with van der Waals surface area (Å²) in [5.41, 5.74) is 4.84. The van der Waals surface area contributed by atoms with E-state index < -0.39 is 0 Å². The van der Waals surface area contributed by atoms with Crippen LogP contribution in [0.2, 0.25) is 5.02 Å². The van der Waals surface area contributed by atoms with Crippen molar-refractivity contribution >= 4 is 23.2 Å². The molecule has 0 bridgehead atoms. The predicted octanol–water partition coefficient (Wildman–Crippen LogP) is 4.63. The molecule has 138 valence electrons. The Hall–Kier alpha value is -2.85. The van der Waals surface area contributed by atoms with Crippen molar-refractivity contribution in [3.8, 4) is 0 Å². The number of carbonyl (C=O) groups excluding carboxylic acids is 1. The van der Waals surface area contributed by atoms with Gasteiger partial charge in [0.15, 0.2) is 0 Å². The van der Waals surface area contributed by atoms with Gasteiger partial charge in [-0.05, 0) is 48.2 Å². The highest BCUT2D eigenvalue weighted by atomic mass is 35.5. The maximum atomic E-state index is 12.4. The van der Waals surface area contributed by atoms with Crippen molar-refractivity contribution in [3.63, 3.8) is 0 Å². The van der Waals surface area contributed by atoms with Crippen molar-refractivity contribution < 1.29 is 4.79 Å². The van der Waals surface area contributed by atoms with Crippen molar-refractivity contribution in [3.05, 3.63) is 94.3 Å². The first-order valence-corrected chi connectivity index (χ1v) is 9.26. The van der Waals surface area contributed by atoms with Crippen LogP contribution in [0.1, 0.15) is 27.0 Å². The van der Waals surface area contributed by atoms with Crippen LogP contribution in [0.3, 0.4) is 0 Å². The summed E-state index contributed by atoms with van der Waals surface area (Å²) in [6, 6.07) is 17.6. The zero-order chi connectivity index (χ0) is 19.1. The van der Waals surface area contributed by atoms with E-state index in [4.69, 9.17) is 11.6 Å². The molecular weight excluding hydrogens is 358 g/mol. The summed E-state index contributed by atoms with van der Waals surface area (Å²) in [5, 5.41) is 7.00. The zero-order valence-electron chi connectivity index (χ0n) is 15.2. The average molecular weight is 380 g/mol. The summed E-state index contributed by atoms with van der Waals surface area (Å²) in [5.74, 6) is -0.132. The van der Waals surface area contributed by atoms with E-state index in [1.807, 2.05) is 61.5 Å². The summed E-state index contributed by atoms with van der Waals surface area (Å²) < 4.78 is 0. The summed E-state index contributed by atoms with van der Waals surface area (Å²) in [6.45, 7) is 3.28. The monoisotopic (exact) mass is 379 g/mol. The van der Waals surface area contributed by atoms with E-state index in [0.717, 1.165) is 34.8 Å². The molecule has 1 aromatic heterocycles. The highest BCUT2D eigenvalue weighted by Crippen LogP contribution is 2.12. The molecule has 5 heteroatoms. The quantitative estimate of drug-likeness (QED) is 0.629. The standard InChI is InChI=1S/C22H22ClN3O/c1-16-4-2-3-5-18(16)14-26-22(27)19-12-21(15-24-13-19)25-11-10-17-6-8-20(23)9-7-17/h2-9,12-13,15,25H,10-11,14H2,1H3,(H,26,27). The van der Waals surface area contributed by atoms with Gasteiger partial charge in [-0.3, -0.25) is 9.78 Å². The second-order valence-electron chi connectivity index (χ2n) is 6.37.